The molecule has 8 nitrogen and oxygen atoms in total. The molecule has 8 heteroatoms. The highest BCUT2D eigenvalue weighted by Crippen LogP contribution is 2.08. The van der Waals surface area contributed by atoms with Gasteiger partial charge in [-0.15, -0.1) is 0 Å². The summed E-state index contributed by atoms with van der Waals surface area (Å²) in [6.07, 6.45) is 0. The molecule has 0 aliphatic carbocycles. The molecule has 0 amide bonds. The van der Waals surface area contributed by atoms with E-state index in [4.69, 9.17) is 20.9 Å². The van der Waals surface area contributed by atoms with Crippen LogP contribution in [-0.4, -0.2) is 74.3 Å². The highest BCUT2D eigenvalue weighted by atomic mass is 16.5. The van der Waals surface area contributed by atoms with Gasteiger partial charge in [-0.1, -0.05) is 24.3 Å². The van der Waals surface area contributed by atoms with Gasteiger partial charge < -0.3 is 30.7 Å². The highest BCUT2D eigenvalue weighted by Gasteiger charge is 2.12. The number of hydrogen-bond donors (Lipinski definition) is 2. The molecular formula is C18H28N6O2. The first-order valence-electron chi connectivity index (χ1n) is 9.05. The van der Waals surface area contributed by atoms with Gasteiger partial charge in [-0.25, -0.2) is 9.98 Å². The van der Waals surface area contributed by atoms with Crippen LogP contribution in [0.5, 0.6) is 0 Å². The number of guanidine groups is 2. The average molecular weight is 360 g/mol. The Bertz CT molecular complexity index is 564. The van der Waals surface area contributed by atoms with Crippen LogP contribution in [0.25, 0.3) is 0 Å². The normalized spacial score (nSPS) is 19.7. The van der Waals surface area contributed by atoms with E-state index in [0.717, 1.165) is 37.3 Å². The van der Waals surface area contributed by atoms with E-state index in [1.807, 2.05) is 0 Å². The van der Waals surface area contributed by atoms with Crippen LogP contribution in [-0.2, 0) is 22.6 Å². The second-order valence-electron chi connectivity index (χ2n) is 6.36. The van der Waals surface area contributed by atoms with Crippen LogP contribution in [0.15, 0.2) is 34.3 Å². The van der Waals surface area contributed by atoms with E-state index in [1.165, 1.54) is 0 Å². The van der Waals surface area contributed by atoms with E-state index < -0.39 is 0 Å². The van der Waals surface area contributed by atoms with Crippen LogP contribution in [0.3, 0.4) is 0 Å². The van der Waals surface area contributed by atoms with Gasteiger partial charge >= 0.3 is 0 Å². The summed E-state index contributed by atoms with van der Waals surface area (Å²) in [6.45, 7) is 7.18. The molecule has 1 aromatic carbocycles. The van der Waals surface area contributed by atoms with Crippen molar-refractivity contribution in [2.45, 2.75) is 13.1 Å². The summed E-state index contributed by atoms with van der Waals surface area (Å²) in [5, 5.41) is 0. The summed E-state index contributed by atoms with van der Waals surface area (Å²) in [5.74, 6) is 1.17. The van der Waals surface area contributed by atoms with Crippen molar-refractivity contribution in [1.82, 2.24) is 9.80 Å². The van der Waals surface area contributed by atoms with Gasteiger partial charge in [0.15, 0.2) is 11.9 Å². The second kappa shape index (κ2) is 9.40. The molecule has 0 atom stereocenters. The van der Waals surface area contributed by atoms with Crippen molar-refractivity contribution in [3.05, 3.63) is 35.4 Å². The zero-order valence-corrected chi connectivity index (χ0v) is 15.1. The zero-order valence-electron chi connectivity index (χ0n) is 15.1. The van der Waals surface area contributed by atoms with Gasteiger partial charge in [0.2, 0.25) is 0 Å². The minimum atomic E-state index is 0.572. The largest absolute Gasteiger partial charge is 0.378 e. The third-order valence-electron chi connectivity index (χ3n) is 4.54. The Morgan fingerprint density at radius 3 is 1.42 bits per heavy atom. The van der Waals surface area contributed by atoms with Gasteiger partial charge in [-0.2, -0.15) is 0 Å². The summed E-state index contributed by atoms with van der Waals surface area (Å²) >= 11 is 0. The van der Waals surface area contributed by atoms with E-state index in [2.05, 4.69) is 44.1 Å². The van der Waals surface area contributed by atoms with E-state index in [1.54, 1.807) is 0 Å². The van der Waals surface area contributed by atoms with Gasteiger partial charge in [-0.05, 0) is 11.1 Å². The topological polar surface area (TPSA) is 102 Å². The molecule has 0 bridgehead atoms. The summed E-state index contributed by atoms with van der Waals surface area (Å²) < 4.78 is 10.6. The number of nitrogens with zero attached hydrogens (tertiary/aromatic N) is 4. The van der Waals surface area contributed by atoms with E-state index in [-0.39, 0.29) is 0 Å². The van der Waals surface area contributed by atoms with Crippen LogP contribution in [0.4, 0.5) is 0 Å². The number of aliphatic imine (C=N–C) groups is 2. The van der Waals surface area contributed by atoms with Gasteiger partial charge in [0.05, 0.1) is 39.5 Å². The Morgan fingerprint density at radius 1 is 0.731 bits per heavy atom. The molecule has 0 aromatic heterocycles. The lowest BCUT2D eigenvalue weighted by atomic mass is 10.1. The first-order valence-corrected chi connectivity index (χ1v) is 9.05. The van der Waals surface area contributed by atoms with Crippen molar-refractivity contribution >= 4 is 11.9 Å². The molecule has 26 heavy (non-hydrogen) atoms. The number of nitrogens with two attached hydrogens (primary N) is 2. The SMILES string of the molecule is NC(=NCc1ccc(CN=C(N)N2CCOCC2)cc1)N1CCOCC1. The molecule has 2 heterocycles. The Labute approximate surface area is 154 Å². The highest BCUT2D eigenvalue weighted by molar-refractivity contribution is 5.78. The van der Waals surface area contributed by atoms with Crippen LogP contribution in [0.2, 0.25) is 0 Å². The molecule has 4 N–H and O–H groups in total. The molecular weight excluding hydrogens is 332 g/mol. The molecule has 0 saturated carbocycles. The first kappa shape index (κ1) is 18.5. The Kier molecular flexibility index (Phi) is 6.68. The molecule has 2 saturated heterocycles. The second-order valence-corrected chi connectivity index (χ2v) is 6.36. The standard InChI is InChI=1S/C18H28N6O2/c19-17(23-5-9-25-10-6-23)21-13-15-1-2-16(4-3-15)14-22-18(20)24-7-11-26-12-8-24/h1-4H,5-14H2,(H2,19,21)(H2,20,22). The fourth-order valence-electron chi connectivity index (χ4n) is 2.88. The molecule has 0 spiro atoms. The van der Waals surface area contributed by atoms with Gasteiger partial charge in [0.1, 0.15) is 0 Å². The first-order chi connectivity index (χ1) is 12.7. The van der Waals surface area contributed by atoms with Crippen molar-refractivity contribution < 1.29 is 9.47 Å². The average Bonchev–Trinajstić information content (AvgIpc) is 2.72. The van der Waals surface area contributed by atoms with Crippen molar-refractivity contribution in [3.8, 4) is 0 Å². The smallest absolute Gasteiger partial charge is 0.191 e. The summed E-state index contributed by atoms with van der Waals surface area (Å²) in [7, 11) is 0. The minimum absolute atomic E-state index is 0.572. The lowest BCUT2D eigenvalue weighted by Gasteiger charge is -2.27. The van der Waals surface area contributed by atoms with Crippen LogP contribution in [0, 0.1) is 0 Å². The molecule has 142 valence electrons. The molecule has 2 fully saturated rings. The molecule has 2 aliphatic rings. The summed E-state index contributed by atoms with van der Waals surface area (Å²) in [5.41, 5.74) is 14.3. The van der Waals surface area contributed by atoms with Crippen molar-refractivity contribution in [2.75, 3.05) is 52.6 Å². The predicted octanol–water partition coefficient (Wildman–Crippen LogP) is -0.0196. The number of morpholine rings is 2. The third-order valence-corrected chi connectivity index (χ3v) is 4.54. The maximum Gasteiger partial charge on any atom is 0.191 e. The van der Waals surface area contributed by atoms with Gasteiger partial charge in [0, 0.05) is 26.2 Å². The quantitative estimate of drug-likeness (QED) is 0.578. The van der Waals surface area contributed by atoms with Gasteiger partial charge in [-0.3, -0.25) is 0 Å². The zero-order chi connectivity index (χ0) is 18.2. The third kappa shape index (κ3) is 5.34. The molecule has 2 aliphatic heterocycles. The van der Waals surface area contributed by atoms with Gasteiger partial charge in [0.25, 0.3) is 0 Å². The van der Waals surface area contributed by atoms with Crippen molar-refractivity contribution in [2.24, 2.45) is 21.5 Å². The van der Waals surface area contributed by atoms with Crippen molar-refractivity contribution in [3.63, 3.8) is 0 Å². The molecule has 0 unspecified atom stereocenters. The van der Waals surface area contributed by atoms with Crippen molar-refractivity contribution in [1.29, 1.82) is 0 Å². The monoisotopic (exact) mass is 360 g/mol. The Morgan fingerprint density at radius 2 is 1.08 bits per heavy atom. The lowest BCUT2D eigenvalue weighted by molar-refractivity contribution is 0.0673. The summed E-state index contributed by atoms with van der Waals surface area (Å²) in [6, 6.07) is 8.25. The fourth-order valence-corrected chi connectivity index (χ4v) is 2.88. The van der Waals surface area contributed by atoms with Crippen LogP contribution in [0.1, 0.15) is 11.1 Å². The number of rotatable bonds is 4. The molecule has 1 aromatic rings. The molecule has 3 rings (SSSR count). The van der Waals surface area contributed by atoms with E-state index in [9.17, 15) is 0 Å². The number of hydrogen-bond acceptors (Lipinski definition) is 4. The predicted molar refractivity (Wildman–Crippen MR) is 102 cm³/mol. The van der Waals surface area contributed by atoms with E-state index in [0.29, 0.717) is 51.4 Å². The maximum atomic E-state index is 6.05. The number of ether oxygens (including phenoxy) is 2. The van der Waals surface area contributed by atoms with Crippen LogP contribution < -0.4 is 11.5 Å². The fraction of sp³-hybridized carbons (Fsp3) is 0.556. The summed E-state index contributed by atoms with van der Waals surface area (Å²) in [4.78, 5) is 13.1. The van der Waals surface area contributed by atoms with E-state index >= 15 is 0 Å². The van der Waals surface area contributed by atoms with Crippen LogP contribution >= 0.6 is 0 Å². The molecule has 0 radical (unpaired) electrons. The minimum Gasteiger partial charge on any atom is -0.378 e. The Balaban J connectivity index is 1.49. The maximum absolute atomic E-state index is 6.05. The Hall–Kier alpha value is -2.32. The lowest BCUT2D eigenvalue weighted by Crippen LogP contribution is -2.44. The number of benzene rings is 1.